The highest BCUT2D eigenvalue weighted by Crippen LogP contribution is 2.33. The summed E-state index contributed by atoms with van der Waals surface area (Å²) in [4.78, 5) is 0. The number of fused-ring (bicyclic) bond motifs is 1. The second-order valence-corrected chi connectivity index (χ2v) is 4.29. The van der Waals surface area contributed by atoms with E-state index in [1.54, 1.807) is 24.3 Å². The summed E-state index contributed by atoms with van der Waals surface area (Å²) in [5.74, 6) is 0.568. The van der Waals surface area contributed by atoms with Crippen molar-refractivity contribution in [2.24, 2.45) is 0 Å². The van der Waals surface area contributed by atoms with E-state index >= 15 is 0 Å². The third-order valence-corrected chi connectivity index (χ3v) is 3.14. The van der Waals surface area contributed by atoms with E-state index in [1.807, 2.05) is 18.2 Å². The van der Waals surface area contributed by atoms with Gasteiger partial charge in [-0.2, -0.15) is 0 Å². The molecule has 86 valence electrons. The summed E-state index contributed by atoms with van der Waals surface area (Å²) >= 11 is 0. The molecule has 0 fully saturated rings. The maximum Gasteiger partial charge on any atom is 0.115 e. The lowest BCUT2D eigenvalue weighted by Crippen LogP contribution is -2.12. The molecule has 0 amide bonds. The molecule has 1 atom stereocenters. The fourth-order valence-electron chi connectivity index (χ4n) is 2.35. The van der Waals surface area contributed by atoms with Gasteiger partial charge in [-0.3, -0.25) is 0 Å². The number of aromatic hydroxyl groups is 2. The summed E-state index contributed by atoms with van der Waals surface area (Å²) < 4.78 is 0. The SMILES string of the molecule is Oc1cccc(C2NCc3cc(O)ccc32)c1. The topological polar surface area (TPSA) is 52.5 Å². The number of phenols is 2. The summed E-state index contributed by atoms with van der Waals surface area (Å²) in [6, 6.07) is 12.8. The Labute approximate surface area is 99.4 Å². The van der Waals surface area contributed by atoms with Crippen molar-refractivity contribution in [2.75, 3.05) is 0 Å². The first-order valence-corrected chi connectivity index (χ1v) is 5.58. The fourth-order valence-corrected chi connectivity index (χ4v) is 2.35. The summed E-state index contributed by atoms with van der Waals surface area (Å²) in [5.41, 5.74) is 3.31. The number of hydrogen-bond acceptors (Lipinski definition) is 3. The van der Waals surface area contributed by atoms with Gasteiger partial charge in [-0.1, -0.05) is 18.2 Å². The monoisotopic (exact) mass is 227 g/mol. The Balaban J connectivity index is 2.04. The van der Waals surface area contributed by atoms with Crippen LogP contribution in [0.5, 0.6) is 11.5 Å². The zero-order valence-corrected chi connectivity index (χ0v) is 9.22. The van der Waals surface area contributed by atoms with Crippen LogP contribution in [0.15, 0.2) is 42.5 Å². The normalized spacial score (nSPS) is 18.0. The Morgan fingerprint density at radius 1 is 1.00 bits per heavy atom. The van der Waals surface area contributed by atoms with Gasteiger partial charge in [0.1, 0.15) is 11.5 Å². The van der Waals surface area contributed by atoms with Crippen molar-refractivity contribution in [2.45, 2.75) is 12.6 Å². The molecule has 2 aromatic carbocycles. The lowest BCUT2D eigenvalue weighted by molar-refractivity contribution is 0.473. The van der Waals surface area contributed by atoms with Crippen LogP contribution in [0.25, 0.3) is 0 Å². The van der Waals surface area contributed by atoms with Gasteiger partial charge in [-0.05, 0) is 41.0 Å². The van der Waals surface area contributed by atoms with Crippen LogP contribution in [0.3, 0.4) is 0 Å². The minimum atomic E-state index is 0.0951. The van der Waals surface area contributed by atoms with Crippen LogP contribution < -0.4 is 5.32 Å². The van der Waals surface area contributed by atoms with Gasteiger partial charge in [-0.25, -0.2) is 0 Å². The molecule has 0 radical (unpaired) electrons. The lowest BCUT2D eigenvalue weighted by Gasteiger charge is -2.12. The van der Waals surface area contributed by atoms with Crippen molar-refractivity contribution in [1.29, 1.82) is 0 Å². The van der Waals surface area contributed by atoms with Crippen LogP contribution >= 0.6 is 0 Å². The Morgan fingerprint density at radius 2 is 1.82 bits per heavy atom. The first kappa shape index (κ1) is 10.2. The van der Waals surface area contributed by atoms with Gasteiger partial charge in [0.15, 0.2) is 0 Å². The number of rotatable bonds is 1. The van der Waals surface area contributed by atoms with Crippen LogP contribution in [0.1, 0.15) is 22.7 Å². The molecule has 3 rings (SSSR count). The van der Waals surface area contributed by atoms with Gasteiger partial charge < -0.3 is 15.5 Å². The molecule has 3 heteroatoms. The highest BCUT2D eigenvalue weighted by Gasteiger charge is 2.23. The molecule has 0 saturated carbocycles. The van der Waals surface area contributed by atoms with E-state index in [2.05, 4.69) is 5.32 Å². The Bertz CT molecular complexity index is 566. The predicted molar refractivity (Wildman–Crippen MR) is 64.9 cm³/mol. The molecule has 1 aliphatic heterocycles. The van der Waals surface area contributed by atoms with Crippen molar-refractivity contribution < 1.29 is 10.2 Å². The molecule has 1 aliphatic rings. The predicted octanol–water partition coefficient (Wildman–Crippen LogP) is 2.29. The summed E-state index contributed by atoms with van der Waals surface area (Å²) in [6.45, 7) is 0.740. The van der Waals surface area contributed by atoms with Gasteiger partial charge in [-0.15, -0.1) is 0 Å². The molecule has 1 heterocycles. The second kappa shape index (κ2) is 3.79. The van der Waals surface area contributed by atoms with Crippen LogP contribution in [-0.4, -0.2) is 10.2 Å². The third kappa shape index (κ3) is 1.74. The van der Waals surface area contributed by atoms with E-state index in [0.29, 0.717) is 5.75 Å². The summed E-state index contributed by atoms with van der Waals surface area (Å²) in [6.07, 6.45) is 0. The Kier molecular flexibility index (Phi) is 2.27. The van der Waals surface area contributed by atoms with E-state index in [1.165, 1.54) is 0 Å². The Hall–Kier alpha value is -2.00. The number of hydrogen-bond donors (Lipinski definition) is 3. The molecule has 0 aromatic heterocycles. The van der Waals surface area contributed by atoms with Gasteiger partial charge in [0.05, 0.1) is 6.04 Å². The van der Waals surface area contributed by atoms with Gasteiger partial charge in [0, 0.05) is 6.54 Å². The quantitative estimate of drug-likeness (QED) is 0.700. The smallest absolute Gasteiger partial charge is 0.115 e. The molecule has 0 aliphatic carbocycles. The van der Waals surface area contributed by atoms with Gasteiger partial charge >= 0.3 is 0 Å². The first-order chi connectivity index (χ1) is 8.24. The van der Waals surface area contributed by atoms with E-state index < -0.39 is 0 Å². The molecule has 3 N–H and O–H groups in total. The first-order valence-electron chi connectivity index (χ1n) is 5.58. The van der Waals surface area contributed by atoms with Gasteiger partial charge in [0.25, 0.3) is 0 Å². The van der Waals surface area contributed by atoms with Crippen molar-refractivity contribution in [3.63, 3.8) is 0 Å². The molecule has 1 unspecified atom stereocenters. The standard InChI is InChI=1S/C14H13NO2/c16-11-3-1-2-9(6-11)14-13-5-4-12(17)7-10(13)8-15-14/h1-7,14-17H,8H2. The van der Waals surface area contributed by atoms with E-state index in [4.69, 9.17) is 0 Å². The fraction of sp³-hybridized carbons (Fsp3) is 0.143. The van der Waals surface area contributed by atoms with Gasteiger partial charge in [0.2, 0.25) is 0 Å². The highest BCUT2D eigenvalue weighted by molar-refractivity contribution is 5.45. The van der Waals surface area contributed by atoms with Crippen LogP contribution in [0, 0.1) is 0 Å². The molecule has 17 heavy (non-hydrogen) atoms. The van der Waals surface area contributed by atoms with Crippen LogP contribution in [0.2, 0.25) is 0 Å². The number of phenolic OH excluding ortho intramolecular Hbond substituents is 2. The molecule has 2 aromatic rings. The molecule has 0 saturated heterocycles. The largest absolute Gasteiger partial charge is 0.508 e. The van der Waals surface area contributed by atoms with Crippen LogP contribution in [-0.2, 0) is 6.54 Å². The zero-order chi connectivity index (χ0) is 11.8. The molecule has 3 nitrogen and oxygen atoms in total. The van der Waals surface area contributed by atoms with Crippen molar-refractivity contribution in [3.05, 3.63) is 59.2 Å². The summed E-state index contributed by atoms with van der Waals surface area (Å²) in [7, 11) is 0. The molecular weight excluding hydrogens is 214 g/mol. The van der Waals surface area contributed by atoms with E-state index in [-0.39, 0.29) is 11.8 Å². The average molecular weight is 227 g/mol. The minimum Gasteiger partial charge on any atom is -0.508 e. The number of benzene rings is 2. The number of nitrogens with one attached hydrogen (secondary N) is 1. The molecule has 0 bridgehead atoms. The zero-order valence-electron chi connectivity index (χ0n) is 9.22. The minimum absolute atomic E-state index is 0.0951. The van der Waals surface area contributed by atoms with Crippen molar-refractivity contribution >= 4 is 0 Å². The lowest BCUT2D eigenvalue weighted by atomic mass is 9.98. The van der Waals surface area contributed by atoms with Crippen LogP contribution in [0.4, 0.5) is 0 Å². The average Bonchev–Trinajstić information content (AvgIpc) is 2.71. The molecule has 0 spiro atoms. The maximum absolute atomic E-state index is 9.50. The third-order valence-electron chi connectivity index (χ3n) is 3.14. The van der Waals surface area contributed by atoms with Crippen molar-refractivity contribution in [3.8, 4) is 11.5 Å². The Morgan fingerprint density at radius 3 is 2.65 bits per heavy atom. The second-order valence-electron chi connectivity index (χ2n) is 4.29. The maximum atomic E-state index is 9.50. The van der Waals surface area contributed by atoms with Crippen molar-refractivity contribution in [1.82, 2.24) is 5.32 Å². The molecular formula is C14H13NO2. The highest BCUT2D eigenvalue weighted by atomic mass is 16.3. The summed E-state index contributed by atoms with van der Waals surface area (Å²) in [5, 5.41) is 22.3. The van der Waals surface area contributed by atoms with E-state index in [0.717, 1.165) is 23.2 Å². The van der Waals surface area contributed by atoms with E-state index in [9.17, 15) is 10.2 Å².